The fraction of sp³-hybridized carbons (Fsp3) is 0.778. The van der Waals surface area contributed by atoms with Crippen LogP contribution >= 0.6 is 18.9 Å². The van der Waals surface area contributed by atoms with Gasteiger partial charge in [0, 0.05) is 13.3 Å². The number of rotatable bonds is 8. The summed E-state index contributed by atoms with van der Waals surface area (Å²) in [6, 6.07) is 0. The summed E-state index contributed by atoms with van der Waals surface area (Å²) >= 11 is 1.38. The molecule has 17 heavy (non-hydrogen) atoms. The molecule has 0 saturated carbocycles. The van der Waals surface area contributed by atoms with Gasteiger partial charge in [-0.25, -0.2) is 0 Å². The van der Waals surface area contributed by atoms with Crippen LogP contribution in [0, 0.1) is 0 Å². The Morgan fingerprint density at radius 3 is 2.35 bits per heavy atom. The summed E-state index contributed by atoms with van der Waals surface area (Å²) in [6.07, 6.45) is 0.352. The standard InChI is InChI=1S/C9H17N2O4PS/c1-4-14-16(12,5-2)15-7-9-11-10-8(17-9)6-13-3/h4-7H2,1-3H3. The molecular formula is C9H17N2O4PS. The monoisotopic (exact) mass is 280 g/mol. The smallest absolute Gasteiger partial charge is 0.330 e. The van der Waals surface area contributed by atoms with Crippen molar-refractivity contribution in [2.75, 3.05) is 19.9 Å². The normalized spacial score (nSPS) is 14.8. The summed E-state index contributed by atoms with van der Waals surface area (Å²) in [7, 11) is -1.37. The first kappa shape index (κ1) is 14.7. The van der Waals surface area contributed by atoms with Crippen LogP contribution in [0.4, 0.5) is 0 Å². The molecule has 0 fully saturated rings. The summed E-state index contributed by atoms with van der Waals surface area (Å²) < 4.78 is 27.3. The molecule has 8 heteroatoms. The lowest BCUT2D eigenvalue weighted by Gasteiger charge is -2.14. The molecule has 0 aliphatic rings. The van der Waals surface area contributed by atoms with Crippen molar-refractivity contribution >= 4 is 18.9 Å². The molecule has 1 heterocycles. The molecule has 0 aromatic carbocycles. The predicted molar refractivity (Wildman–Crippen MR) is 65.2 cm³/mol. The second-order valence-corrected chi connectivity index (χ2v) is 6.66. The Bertz CT molecular complexity index is 385. The van der Waals surface area contributed by atoms with Crippen molar-refractivity contribution in [3.8, 4) is 0 Å². The van der Waals surface area contributed by atoms with Gasteiger partial charge in [-0.05, 0) is 6.92 Å². The lowest BCUT2D eigenvalue weighted by molar-refractivity contribution is 0.184. The molecular weight excluding hydrogens is 263 g/mol. The van der Waals surface area contributed by atoms with Crippen LogP contribution in [-0.4, -0.2) is 30.1 Å². The van der Waals surface area contributed by atoms with Gasteiger partial charge in [-0.1, -0.05) is 18.3 Å². The van der Waals surface area contributed by atoms with E-state index < -0.39 is 7.60 Å². The maximum atomic E-state index is 12.0. The maximum Gasteiger partial charge on any atom is 0.330 e. The highest BCUT2D eigenvalue weighted by Crippen LogP contribution is 2.48. The Hall–Kier alpha value is -0.330. The van der Waals surface area contributed by atoms with E-state index in [9.17, 15) is 4.57 Å². The van der Waals surface area contributed by atoms with Crippen LogP contribution in [0.15, 0.2) is 0 Å². The summed E-state index contributed by atoms with van der Waals surface area (Å²) in [6.45, 7) is 4.51. The van der Waals surface area contributed by atoms with Crippen molar-refractivity contribution in [3.05, 3.63) is 10.0 Å². The van der Waals surface area contributed by atoms with Gasteiger partial charge in [-0.2, -0.15) is 0 Å². The zero-order chi connectivity index (χ0) is 12.7. The summed E-state index contributed by atoms with van der Waals surface area (Å²) in [5.74, 6) is 0. The van der Waals surface area contributed by atoms with E-state index in [-0.39, 0.29) is 6.61 Å². The second-order valence-electron chi connectivity index (χ2n) is 3.14. The Morgan fingerprint density at radius 2 is 1.82 bits per heavy atom. The van der Waals surface area contributed by atoms with Gasteiger partial charge in [-0.3, -0.25) is 4.57 Å². The molecule has 1 atom stereocenters. The van der Waals surface area contributed by atoms with Crippen LogP contribution in [0.25, 0.3) is 0 Å². The highest BCUT2D eigenvalue weighted by atomic mass is 32.1. The highest BCUT2D eigenvalue weighted by molar-refractivity contribution is 7.53. The molecule has 6 nitrogen and oxygen atoms in total. The Morgan fingerprint density at radius 1 is 1.18 bits per heavy atom. The van der Waals surface area contributed by atoms with E-state index >= 15 is 0 Å². The van der Waals surface area contributed by atoms with E-state index in [1.807, 2.05) is 0 Å². The second kappa shape index (κ2) is 7.18. The van der Waals surface area contributed by atoms with Crippen LogP contribution in [0.5, 0.6) is 0 Å². The van der Waals surface area contributed by atoms with Crippen molar-refractivity contribution in [1.82, 2.24) is 10.2 Å². The van der Waals surface area contributed by atoms with Crippen molar-refractivity contribution in [2.24, 2.45) is 0 Å². The first-order valence-electron chi connectivity index (χ1n) is 5.32. The molecule has 0 aliphatic heterocycles. The lowest BCUT2D eigenvalue weighted by Crippen LogP contribution is -1.98. The van der Waals surface area contributed by atoms with Gasteiger partial charge in [-0.15, -0.1) is 10.2 Å². The quantitative estimate of drug-likeness (QED) is 0.681. The molecule has 0 amide bonds. The molecule has 1 rings (SSSR count). The van der Waals surface area contributed by atoms with E-state index in [4.69, 9.17) is 13.8 Å². The molecule has 0 spiro atoms. The minimum atomic E-state index is -2.96. The molecule has 0 radical (unpaired) electrons. The number of hydrogen-bond acceptors (Lipinski definition) is 7. The van der Waals surface area contributed by atoms with E-state index in [2.05, 4.69) is 10.2 Å². The molecule has 1 aromatic rings. The number of ether oxygens (including phenoxy) is 1. The van der Waals surface area contributed by atoms with E-state index in [1.165, 1.54) is 11.3 Å². The van der Waals surface area contributed by atoms with Gasteiger partial charge in [0.15, 0.2) is 0 Å². The van der Waals surface area contributed by atoms with E-state index in [1.54, 1.807) is 21.0 Å². The lowest BCUT2D eigenvalue weighted by atomic mass is 10.8. The van der Waals surface area contributed by atoms with Crippen molar-refractivity contribution in [3.63, 3.8) is 0 Å². The van der Waals surface area contributed by atoms with Crippen LogP contribution in [0.3, 0.4) is 0 Å². The molecule has 98 valence electrons. The Labute approximate surface area is 105 Å². The molecule has 0 bridgehead atoms. The molecule has 0 N–H and O–H groups in total. The Kier molecular flexibility index (Phi) is 6.22. The van der Waals surface area contributed by atoms with Crippen molar-refractivity contribution in [2.45, 2.75) is 27.1 Å². The van der Waals surface area contributed by atoms with Gasteiger partial charge in [0.2, 0.25) is 0 Å². The van der Waals surface area contributed by atoms with E-state index in [0.717, 1.165) is 5.01 Å². The van der Waals surface area contributed by atoms with Crippen molar-refractivity contribution < 1.29 is 18.3 Å². The fourth-order valence-electron chi connectivity index (χ4n) is 1.10. The van der Waals surface area contributed by atoms with Gasteiger partial charge >= 0.3 is 7.60 Å². The number of nitrogens with zero attached hydrogens (tertiary/aromatic N) is 2. The summed E-state index contributed by atoms with van der Waals surface area (Å²) in [5, 5.41) is 9.27. The van der Waals surface area contributed by atoms with Crippen LogP contribution in [0.2, 0.25) is 0 Å². The molecule has 0 saturated heterocycles. The summed E-state index contributed by atoms with van der Waals surface area (Å²) in [4.78, 5) is 0. The number of methoxy groups -OCH3 is 1. The maximum absolute atomic E-state index is 12.0. The van der Waals surface area contributed by atoms with Crippen LogP contribution in [0.1, 0.15) is 23.9 Å². The van der Waals surface area contributed by atoms with Gasteiger partial charge < -0.3 is 13.8 Å². The highest BCUT2D eigenvalue weighted by Gasteiger charge is 2.21. The van der Waals surface area contributed by atoms with Gasteiger partial charge in [0.25, 0.3) is 0 Å². The fourth-order valence-corrected chi connectivity index (χ4v) is 3.07. The van der Waals surface area contributed by atoms with Crippen LogP contribution < -0.4 is 0 Å². The number of aromatic nitrogens is 2. The van der Waals surface area contributed by atoms with Gasteiger partial charge in [0.1, 0.15) is 16.6 Å². The average Bonchev–Trinajstić information content (AvgIpc) is 2.75. The van der Waals surface area contributed by atoms with E-state index in [0.29, 0.717) is 24.4 Å². The molecule has 0 aliphatic carbocycles. The first-order valence-corrected chi connectivity index (χ1v) is 7.86. The minimum Gasteiger partial charge on any atom is -0.377 e. The Balaban J connectivity index is 2.50. The van der Waals surface area contributed by atoms with Gasteiger partial charge in [0.05, 0.1) is 13.2 Å². The largest absolute Gasteiger partial charge is 0.377 e. The SMILES string of the molecule is CCOP(=O)(CC)OCc1nnc(COC)s1. The number of hydrogen-bond donors (Lipinski definition) is 0. The third kappa shape index (κ3) is 4.81. The third-order valence-corrected chi connectivity index (χ3v) is 4.69. The first-order chi connectivity index (χ1) is 8.13. The summed E-state index contributed by atoms with van der Waals surface area (Å²) in [5.41, 5.74) is 0. The zero-order valence-electron chi connectivity index (χ0n) is 10.2. The predicted octanol–water partition coefficient (Wildman–Crippen LogP) is 2.45. The molecule has 1 aromatic heterocycles. The van der Waals surface area contributed by atoms with Crippen LogP contribution in [-0.2, 0) is 31.6 Å². The molecule has 1 unspecified atom stereocenters. The zero-order valence-corrected chi connectivity index (χ0v) is 11.9. The topological polar surface area (TPSA) is 70.5 Å². The van der Waals surface area contributed by atoms with Crippen molar-refractivity contribution in [1.29, 1.82) is 0 Å². The average molecular weight is 280 g/mol. The third-order valence-electron chi connectivity index (χ3n) is 1.87. The minimum absolute atomic E-state index is 0.159.